The maximum Gasteiger partial charge on any atom is 0.191 e. The molecule has 0 fully saturated rings. The van der Waals surface area contributed by atoms with Gasteiger partial charge in [-0.15, -0.1) is 0 Å². The van der Waals surface area contributed by atoms with Crippen molar-refractivity contribution in [2.45, 2.75) is 12.7 Å². The molecule has 0 saturated carbocycles. The predicted octanol–water partition coefficient (Wildman–Crippen LogP) is 2.86. The monoisotopic (exact) mass is 414 g/mol. The van der Waals surface area contributed by atoms with Crippen LogP contribution in [0.15, 0.2) is 35.3 Å². The highest BCUT2D eigenvalue weighted by Gasteiger charge is 2.22. The summed E-state index contributed by atoms with van der Waals surface area (Å²) in [6, 6.07) is 6.05. The Morgan fingerprint density at radius 2 is 1.77 bits per heavy atom. The molecular formula is C17H13Cl3N2O4. The molecule has 2 heterocycles. The first kappa shape index (κ1) is 19.1. The highest BCUT2D eigenvalue weighted by atomic mass is 35.5. The molecule has 6 nitrogen and oxygen atoms in total. The van der Waals surface area contributed by atoms with Gasteiger partial charge in [0.2, 0.25) is 0 Å². The van der Waals surface area contributed by atoms with E-state index in [1.807, 2.05) is 0 Å². The number of hydrogen-bond acceptors (Lipinski definition) is 5. The summed E-state index contributed by atoms with van der Waals surface area (Å²) < 4.78 is 1.46. The second-order valence-corrected chi connectivity index (χ2v) is 6.70. The molecule has 0 aliphatic rings. The molecule has 0 bridgehead atoms. The van der Waals surface area contributed by atoms with E-state index in [2.05, 4.69) is 4.98 Å². The van der Waals surface area contributed by atoms with Crippen LogP contribution >= 0.6 is 34.8 Å². The van der Waals surface area contributed by atoms with Crippen molar-refractivity contribution in [2.75, 3.05) is 6.61 Å². The van der Waals surface area contributed by atoms with Gasteiger partial charge in [-0.1, -0.05) is 40.9 Å². The molecule has 0 aliphatic heterocycles. The van der Waals surface area contributed by atoms with Crippen molar-refractivity contribution >= 4 is 45.7 Å². The Hall–Kier alpha value is -1.67. The minimum absolute atomic E-state index is 0.00670. The quantitative estimate of drug-likeness (QED) is 0.609. The van der Waals surface area contributed by atoms with Crippen LogP contribution in [0.3, 0.4) is 0 Å². The van der Waals surface area contributed by atoms with Gasteiger partial charge in [0, 0.05) is 12.3 Å². The number of benzene rings is 1. The van der Waals surface area contributed by atoms with Gasteiger partial charge in [0.15, 0.2) is 5.43 Å². The molecule has 26 heavy (non-hydrogen) atoms. The summed E-state index contributed by atoms with van der Waals surface area (Å²) in [7, 11) is 0. The Balaban J connectivity index is 2.58. The smallest absolute Gasteiger partial charge is 0.191 e. The first-order valence-corrected chi connectivity index (χ1v) is 8.61. The van der Waals surface area contributed by atoms with Gasteiger partial charge in [0.05, 0.1) is 56.3 Å². The average molecular weight is 416 g/mol. The first-order valence-electron chi connectivity index (χ1n) is 7.47. The molecule has 2 aromatic heterocycles. The Bertz CT molecular complexity index is 1030. The van der Waals surface area contributed by atoms with E-state index in [4.69, 9.17) is 34.8 Å². The molecule has 1 unspecified atom stereocenters. The van der Waals surface area contributed by atoms with Crippen molar-refractivity contribution in [3.8, 4) is 5.69 Å². The molecule has 9 heteroatoms. The minimum atomic E-state index is -1.38. The van der Waals surface area contributed by atoms with Crippen LogP contribution in [-0.2, 0) is 6.61 Å². The average Bonchev–Trinajstić information content (AvgIpc) is 2.62. The minimum Gasteiger partial charge on any atom is -0.393 e. The zero-order valence-corrected chi connectivity index (χ0v) is 15.4. The number of rotatable bonds is 4. The van der Waals surface area contributed by atoms with Crippen molar-refractivity contribution in [3.63, 3.8) is 0 Å². The van der Waals surface area contributed by atoms with Gasteiger partial charge in [-0.3, -0.25) is 9.78 Å². The second kappa shape index (κ2) is 7.52. The fourth-order valence-electron chi connectivity index (χ4n) is 2.80. The van der Waals surface area contributed by atoms with Crippen molar-refractivity contribution in [1.82, 2.24) is 9.55 Å². The summed E-state index contributed by atoms with van der Waals surface area (Å²) in [5, 5.41) is 29.7. The number of aromatic nitrogens is 2. The van der Waals surface area contributed by atoms with E-state index < -0.39 is 24.7 Å². The summed E-state index contributed by atoms with van der Waals surface area (Å²) in [4.78, 5) is 16.6. The van der Waals surface area contributed by atoms with E-state index in [0.29, 0.717) is 5.69 Å². The van der Waals surface area contributed by atoms with Gasteiger partial charge in [0.25, 0.3) is 0 Å². The van der Waals surface area contributed by atoms with Crippen molar-refractivity contribution in [2.24, 2.45) is 0 Å². The fourth-order valence-corrected chi connectivity index (χ4v) is 3.59. The molecule has 3 rings (SSSR count). The van der Waals surface area contributed by atoms with E-state index in [-0.39, 0.29) is 37.4 Å². The third-order valence-electron chi connectivity index (χ3n) is 3.90. The number of nitrogens with zero attached hydrogens (tertiary/aromatic N) is 2. The molecule has 1 atom stereocenters. The molecule has 1 aromatic carbocycles. The van der Waals surface area contributed by atoms with Crippen LogP contribution in [0.2, 0.25) is 15.1 Å². The Labute approximate surface area is 162 Å². The van der Waals surface area contributed by atoms with Crippen molar-refractivity contribution < 1.29 is 15.3 Å². The van der Waals surface area contributed by atoms with E-state index in [0.717, 1.165) is 0 Å². The standard InChI is InChI=1S/C17H13Cl3N2O4/c18-9-2-1-3-10(19)16(9)22-8(6-23)4-12(25)14-15(13(26)7-24)21-5-11(20)17(14)22/h1-5,13,23-24,26H,6-7H2. The van der Waals surface area contributed by atoms with Crippen molar-refractivity contribution in [3.05, 3.63) is 67.1 Å². The van der Waals surface area contributed by atoms with Gasteiger partial charge >= 0.3 is 0 Å². The number of halogens is 3. The Kier molecular flexibility index (Phi) is 5.53. The molecule has 0 amide bonds. The van der Waals surface area contributed by atoms with Crippen LogP contribution in [0.1, 0.15) is 17.5 Å². The number of aliphatic hydroxyl groups excluding tert-OH is 3. The van der Waals surface area contributed by atoms with Crippen LogP contribution in [0.4, 0.5) is 0 Å². The molecule has 0 aliphatic carbocycles. The molecule has 0 saturated heterocycles. The topological polar surface area (TPSA) is 95.6 Å². The third-order valence-corrected chi connectivity index (χ3v) is 4.79. The van der Waals surface area contributed by atoms with Crippen LogP contribution in [0.5, 0.6) is 0 Å². The first-order chi connectivity index (χ1) is 12.4. The summed E-state index contributed by atoms with van der Waals surface area (Å²) in [5.74, 6) is 0. The SMILES string of the molecule is O=c1cc(CO)n(-c2c(Cl)cccc2Cl)c2c(Cl)cnc(C(O)CO)c12. The molecule has 136 valence electrons. The summed E-state index contributed by atoms with van der Waals surface area (Å²) in [6.07, 6.45) is -0.127. The van der Waals surface area contributed by atoms with Crippen LogP contribution in [-0.4, -0.2) is 31.5 Å². The lowest BCUT2D eigenvalue weighted by Crippen LogP contribution is -2.18. The van der Waals surface area contributed by atoms with E-state index in [9.17, 15) is 20.1 Å². The largest absolute Gasteiger partial charge is 0.393 e. The maximum atomic E-state index is 12.6. The normalized spacial score (nSPS) is 12.5. The molecule has 0 radical (unpaired) electrons. The molecular weight excluding hydrogens is 403 g/mol. The van der Waals surface area contributed by atoms with Gasteiger partial charge in [-0.2, -0.15) is 0 Å². The predicted molar refractivity (Wildman–Crippen MR) is 100 cm³/mol. The number of pyridine rings is 2. The van der Waals surface area contributed by atoms with Crippen molar-refractivity contribution in [1.29, 1.82) is 0 Å². The fraction of sp³-hybridized carbons (Fsp3) is 0.176. The van der Waals surface area contributed by atoms with E-state index >= 15 is 0 Å². The lowest BCUT2D eigenvalue weighted by Gasteiger charge is -2.20. The summed E-state index contributed by atoms with van der Waals surface area (Å²) in [6.45, 7) is -1.11. The summed E-state index contributed by atoms with van der Waals surface area (Å²) in [5.41, 5.74) is 0.160. The second-order valence-electron chi connectivity index (χ2n) is 5.48. The third kappa shape index (κ3) is 3.09. The summed E-state index contributed by atoms with van der Waals surface area (Å²) >= 11 is 18.9. The van der Waals surface area contributed by atoms with Crippen LogP contribution in [0.25, 0.3) is 16.6 Å². The lowest BCUT2D eigenvalue weighted by atomic mass is 10.1. The highest BCUT2D eigenvalue weighted by molar-refractivity contribution is 6.38. The molecule has 3 aromatic rings. The zero-order valence-electron chi connectivity index (χ0n) is 13.2. The highest BCUT2D eigenvalue weighted by Crippen LogP contribution is 2.35. The zero-order chi connectivity index (χ0) is 19.0. The van der Waals surface area contributed by atoms with Gasteiger partial charge in [-0.25, -0.2) is 0 Å². The number of hydrogen-bond donors (Lipinski definition) is 3. The van der Waals surface area contributed by atoms with E-state index in [1.165, 1.54) is 16.8 Å². The maximum absolute atomic E-state index is 12.6. The van der Waals surface area contributed by atoms with Gasteiger partial charge < -0.3 is 19.9 Å². The number of aliphatic hydroxyl groups is 3. The Morgan fingerprint density at radius 3 is 2.35 bits per heavy atom. The lowest BCUT2D eigenvalue weighted by molar-refractivity contribution is 0.0934. The number of para-hydroxylation sites is 1. The van der Waals surface area contributed by atoms with Crippen LogP contribution in [0, 0.1) is 0 Å². The Morgan fingerprint density at radius 1 is 1.12 bits per heavy atom. The molecule has 3 N–H and O–H groups in total. The van der Waals surface area contributed by atoms with E-state index in [1.54, 1.807) is 18.2 Å². The number of fused-ring (bicyclic) bond motifs is 1. The van der Waals surface area contributed by atoms with Crippen LogP contribution < -0.4 is 5.43 Å². The van der Waals surface area contributed by atoms with Gasteiger partial charge in [0.1, 0.15) is 6.10 Å². The van der Waals surface area contributed by atoms with Gasteiger partial charge in [-0.05, 0) is 12.1 Å². The molecule has 0 spiro atoms.